The highest BCUT2D eigenvalue weighted by molar-refractivity contribution is 5.79. The van der Waals surface area contributed by atoms with Crippen LogP contribution in [0.5, 0.6) is 5.75 Å². The van der Waals surface area contributed by atoms with Gasteiger partial charge in [0, 0.05) is 19.2 Å². The third kappa shape index (κ3) is 3.57. The van der Waals surface area contributed by atoms with Gasteiger partial charge < -0.3 is 10.0 Å². The van der Waals surface area contributed by atoms with Crippen molar-refractivity contribution in [1.29, 1.82) is 0 Å². The Labute approximate surface area is 117 Å². The molecule has 4 heteroatoms. The lowest BCUT2D eigenvalue weighted by Crippen LogP contribution is -2.27. The first-order chi connectivity index (χ1) is 9.56. The summed E-state index contributed by atoms with van der Waals surface area (Å²) in [6.07, 6.45) is 0.124. The summed E-state index contributed by atoms with van der Waals surface area (Å²) in [6.45, 7) is 0.337. The van der Waals surface area contributed by atoms with Gasteiger partial charge in [0.05, 0.1) is 6.42 Å². The van der Waals surface area contributed by atoms with Gasteiger partial charge in [0.2, 0.25) is 5.91 Å². The van der Waals surface area contributed by atoms with Crippen molar-refractivity contribution < 1.29 is 14.3 Å². The molecule has 0 spiro atoms. The second-order valence-corrected chi connectivity index (χ2v) is 4.69. The van der Waals surface area contributed by atoms with E-state index in [4.69, 9.17) is 0 Å². The molecule has 1 N–H and O–H groups in total. The Morgan fingerprint density at radius 2 is 1.95 bits per heavy atom. The van der Waals surface area contributed by atoms with E-state index in [2.05, 4.69) is 0 Å². The first kappa shape index (κ1) is 14.1. The van der Waals surface area contributed by atoms with Crippen LogP contribution in [0.25, 0.3) is 0 Å². The number of halogens is 1. The lowest BCUT2D eigenvalue weighted by Gasteiger charge is -2.17. The fourth-order valence-corrected chi connectivity index (χ4v) is 1.96. The van der Waals surface area contributed by atoms with E-state index in [0.717, 1.165) is 5.56 Å². The molecule has 20 heavy (non-hydrogen) atoms. The van der Waals surface area contributed by atoms with Gasteiger partial charge in [0.25, 0.3) is 0 Å². The van der Waals surface area contributed by atoms with Gasteiger partial charge in [0.15, 0.2) is 0 Å². The Hall–Kier alpha value is -2.36. The average molecular weight is 273 g/mol. The quantitative estimate of drug-likeness (QED) is 0.930. The topological polar surface area (TPSA) is 40.5 Å². The zero-order valence-electron chi connectivity index (χ0n) is 11.2. The van der Waals surface area contributed by atoms with Gasteiger partial charge in [-0.05, 0) is 23.8 Å². The number of rotatable bonds is 4. The zero-order chi connectivity index (χ0) is 14.5. The zero-order valence-corrected chi connectivity index (χ0v) is 11.2. The molecule has 2 aromatic carbocycles. The van der Waals surface area contributed by atoms with Crippen LogP contribution >= 0.6 is 0 Å². The maximum atomic E-state index is 13.1. The van der Waals surface area contributed by atoms with E-state index in [9.17, 15) is 14.3 Å². The van der Waals surface area contributed by atoms with Gasteiger partial charge in [-0.25, -0.2) is 4.39 Å². The highest BCUT2D eigenvalue weighted by Crippen LogP contribution is 2.17. The molecule has 3 nitrogen and oxygen atoms in total. The van der Waals surface area contributed by atoms with Crippen molar-refractivity contribution in [3.8, 4) is 5.75 Å². The smallest absolute Gasteiger partial charge is 0.227 e. The lowest BCUT2D eigenvalue weighted by molar-refractivity contribution is -0.129. The molecule has 1 amide bonds. The normalized spacial score (nSPS) is 10.3. The van der Waals surface area contributed by atoms with Crippen molar-refractivity contribution in [2.24, 2.45) is 0 Å². The van der Waals surface area contributed by atoms with Gasteiger partial charge in [-0.3, -0.25) is 4.79 Å². The van der Waals surface area contributed by atoms with Gasteiger partial charge in [-0.1, -0.05) is 30.3 Å². The second-order valence-electron chi connectivity index (χ2n) is 4.69. The predicted octanol–water partition coefficient (Wildman–Crippen LogP) is 2.73. The fourth-order valence-electron chi connectivity index (χ4n) is 1.96. The monoisotopic (exact) mass is 273 g/mol. The molecule has 0 fully saturated rings. The molecule has 2 aromatic rings. The van der Waals surface area contributed by atoms with Crippen LogP contribution in [0, 0.1) is 5.82 Å². The summed E-state index contributed by atoms with van der Waals surface area (Å²) in [5, 5.41) is 9.65. The van der Waals surface area contributed by atoms with Crippen molar-refractivity contribution in [3.05, 3.63) is 65.5 Å². The van der Waals surface area contributed by atoms with E-state index in [0.29, 0.717) is 12.1 Å². The van der Waals surface area contributed by atoms with Crippen molar-refractivity contribution >= 4 is 5.91 Å². The second kappa shape index (κ2) is 6.19. The summed E-state index contributed by atoms with van der Waals surface area (Å²) in [5.41, 5.74) is 1.32. The molecular formula is C16H16FNO2. The molecule has 0 aliphatic carbocycles. The largest absolute Gasteiger partial charge is 0.508 e. The Morgan fingerprint density at radius 3 is 2.65 bits per heavy atom. The Morgan fingerprint density at radius 1 is 1.20 bits per heavy atom. The average Bonchev–Trinajstić information content (AvgIpc) is 2.41. The number of benzene rings is 2. The third-order valence-electron chi connectivity index (χ3n) is 3.07. The highest BCUT2D eigenvalue weighted by Gasteiger charge is 2.12. The Bertz CT molecular complexity index is 613. The van der Waals surface area contributed by atoms with Crippen molar-refractivity contribution in [2.75, 3.05) is 7.05 Å². The minimum atomic E-state index is -0.316. The standard InChI is InChI=1S/C16H16FNO2/c1-18(11-12-5-4-7-14(17)9-12)16(20)10-13-6-2-3-8-15(13)19/h2-9,19H,10-11H2,1H3. The number of carbonyl (C=O) groups is 1. The van der Waals surface area contributed by atoms with Crippen LogP contribution in [0.15, 0.2) is 48.5 Å². The molecule has 0 heterocycles. The number of aromatic hydroxyl groups is 1. The van der Waals surface area contributed by atoms with E-state index in [-0.39, 0.29) is 23.9 Å². The lowest BCUT2D eigenvalue weighted by atomic mass is 10.1. The van der Waals surface area contributed by atoms with E-state index < -0.39 is 0 Å². The maximum Gasteiger partial charge on any atom is 0.227 e. The summed E-state index contributed by atoms with van der Waals surface area (Å²) >= 11 is 0. The summed E-state index contributed by atoms with van der Waals surface area (Å²) in [7, 11) is 1.66. The van der Waals surface area contributed by atoms with Gasteiger partial charge in [-0.2, -0.15) is 0 Å². The molecule has 0 aromatic heterocycles. The molecule has 0 bridgehead atoms. The number of carbonyl (C=O) groups excluding carboxylic acids is 1. The molecule has 0 atom stereocenters. The van der Waals surface area contributed by atoms with Crippen LogP contribution in [0.3, 0.4) is 0 Å². The number of phenols is 1. The Balaban J connectivity index is 2.01. The summed E-state index contributed by atoms with van der Waals surface area (Å²) in [5.74, 6) is -0.334. The molecular weight excluding hydrogens is 257 g/mol. The van der Waals surface area contributed by atoms with Crippen LogP contribution in [-0.4, -0.2) is 23.0 Å². The predicted molar refractivity (Wildman–Crippen MR) is 74.7 cm³/mol. The number of phenolic OH excluding ortho intramolecular Hbond substituents is 1. The van der Waals surface area contributed by atoms with Crippen molar-refractivity contribution in [3.63, 3.8) is 0 Å². The minimum absolute atomic E-state index is 0.111. The van der Waals surface area contributed by atoms with Gasteiger partial charge in [-0.15, -0.1) is 0 Å². The Kier molecular flexibility index (Phi) is 4.35. The minimum Gasteiger partial charge on any atom is -0.508 e. The van der Waals surface area contributed by atoms with Crippen LogP contribution < -0.4 is 0 Å². The van der Waals surface area contributed by atoms with E-state index in [1.54, 1.807) is 43.4 Å². The molecule has 0 saturated heterocycles. The molecule has 104 valence electrons. The first-order valence-electron chi connectivity index (χ1n) is 6.31. The molecule has 2 rings (SSSR count). The van der Waals surface area contributed by atoms with E-state index in [1.165, 1.54) is 17.0 Å². The number of nitrogens with zero attached hydrogens (tertiary/aromatic N) is 1. The van der Waals surface area contributed by atoms with Crippen LogP contribution in [0.1, 0.15) is 11.1 Å². The number of likely N-dealkylation sites (N-methyl/N-ethyl adjacent to an activating group) is 1. The van der Waals surface area contributed by atoms with E-state index in [1.807, 2.05) is 0 Å². The maximum absolute atomic E-state index is 13.1. The fraction of sp³-hybridized carbons (Fsp3) is 0.188. The number of hydrogen-bond donors (Lipinski definition) is 1. The van der Waals surface area contributed by atoms with E-state index >= 15 is 0 Å². The van der Waals surface area contributed by atoms with Crippen molar-refractivity contribution in [1.82, 2.24) is 4.90 Å². The molecule has 0 unspecified atom stereocenters. The number of hydrogen-bond acceptors (Lipinski definition) is 2. The van der Waals surface area contributed by atoms with Gasteiger partial charge >= 0.3 is 0 Å². The SMILES string of the molecule is CN(Cc1cccc(F)c1)C(=O)Cc1ccccc1O. The third-order valence-corrected chi connectivity index (χ3v) is 3.07. The molecule has 0 aliphatic rings. The van der Waals surface area contributed by atoms with Crippen LogP contribution in [-0.2, 0) is 17.8 Å². The number of amides is 1. The summed E-state index contributed by atoms with van der Waals surface area (Å²) < 4.78 is 13.1. The molecule has 0 aliphatic heterocycles. The molecule has 0 radical (unpaired) electrons. The van der Waals surface area contributed by atoms with Crippen molar-refractivity contribution in [2.45, 2.75) is 13.0 Å². The summed E-state index contributed by atoms with van der Waals surface area (Å²) in [6, 6.07) is 12.9. The highest BCUT2D eigenvalue weighted by atomic mass is 19.1. The van der Waals surface area contributed by atoms with Gasteiger partial charge in [0.1, 0.15) is 11.6 Å². The summed E-state index contributed by atoms with van der Waals surface area (Å²) in [4.78, 5) is 13.6. The van der Waals surface area contributed by atoms with Crippen LogP contribution in [0.4, 0.5) is 4.39 Å². The van der Waals surface area contributed by atoms with Crippen LogP contribution in [0.2, 0.25) is 0 Å². The first-order valence-corrected chi connectivity index (χ1v) is 6.31. The molecule has 0 saturated carbocycles. The number of para-hydroxylation sites is 1.